The van der Waals surface area contributed by atoms with E-state index in [0.29, 0.717) is 6.54 Å². The van der Waals surface area contributed by atoms with E-state index in [1.807, 2.05) is 23.1 Å². The Balaban J connectivity index is 2.13. The van der Waals surface area contributed by atoms with Gasteiger partial charge >= 0.3 is 0 Å². The van der Waals surface area contributed by atoms with Gasteiger partial charge < -0.3 is 11.1 Å². The van der Waals surface area contributed by atoms with Gasteiger partial charge in [-0.05, 0) is 35.8 Å². The summed E-state index contributed by atoms with van der Waals surface area (Å²) < 4.78 is 0. The van der Waals surface area contributed by atoms with Crippen molar-refractivity contribution in [2.45, 2.75) is 13.0 Å². The maximum atomic E-state index is 11.3. The maximum Gasteiger partial charge on any atom is 0.247 e. The topological polar surface area (TPSA) is 75.4 Å². The lowest BCUT2D eigenvalue weighted by molar-refractivity contribution is -0.119. The molecule has 19 heavy (non-hydrogen) atoms. The Morgan fingerprint density at radius 3 is 2.89 bits per heavy atom. The molecule has 0 aromatic heterocycles. The summed E-state index contributed by atoms with van der Waals surface area (Å²) in [6, 6.07) is 5.82. The van der Waals surface area contributed by atoms with Crippen LogP contribution < -0.4 is 11.1 Å². The average Bonchev–Trinajstić information content (AvgIpc) is 2.37. The van der Waals surface area contributed by atoms with Gasteiger partial charge in [-0.25, -0.2) is 0 Å². The van der Waals surface area contributed by atoms with Crippen LogP contribution in [0.2, 0.25) is 0 Å². The zero-order chi connectivity index (χ0) is 13.8. The highest BCUT2D eigenvalue weighted by molar-refractivity contribution is 5.98. The van der Waals surface area contributed by atoms with E-state index in [2.05, 4.69) is 11.9 Å². The van der Waals surface area contributed by atoms with Gasteiger partial charge in [-0.1, -0.05) is 12.6 Å². The van der Waals surface area contributed by atoms with Gasteiger partial charge in [-0.3, -0.25) is 14.5 Å². The van der Waals surface area contributed by atoms with Crippen molar-refractivity contribution in [1.82, 2.24) is 4.90 Å². The molecule has 0 unspecified atom stereocenters. The first-order valence-electron chi connectivity index (χ1n) is 6.14. The van der Waals surface area contributed by atoms with E-state index >= 15 is 0 Å². The fourth-order valence-electron chi connectivity index (χ4n) is 2.24. The van der Waals surface area contributed by atoms with Crippen molar-refractivity contribution in [3.8, 4) is 0 Å². The molecule has 1 aliphatic heterocycles. The SMILES string of the molecule is C=CC(=O)Nc1ccc2c(c1)CN(CC(N)=O)CC2. The molecule has 100 valence electrons. The van der Waals surface area contributed by atoms with Crippen LogP contribution in [0, 0.1) is 0 Å². The number of benzene rings is 1. The molecule has 5 heteroatoms. The smallest absolute Gasteiger partial charge is 0.247 e. The molecule has 0 radical (unpaired) electrons. The van der Waals surface area contributed by atoms with Crippen LogP contribution >= 0.6 is 0 Å². The van der Waals surface area contributed by atoms with Crippen LogP contribution in [0.1, 0.15) is 11.1 Å². The van der Waals surface area contributed by atoms with Crippen LogP contribution in [0.3, 0.4) is 0 Å². The second-order valence-corrected chi connectivity index (χ2v) is 4.60. The molecule has 0 spiro atoms. The summed E-state index contributed by atoms with van der Waals surface area (Å²) in [7, 11) is 0. The third-order valence-corrected chi connectivity index (χ3v) is 3.13. The van der Waals surface area contributed by atoms with Crippen LogP contribution in [-0.4, -0.2) is 29.8 Å². The number of rotatable bonds is 4. The molecule has 0 saturated heterocycles. The first-order chi connectivity index (χ1) is 9.08. The molecule has 0 fully saturated rings. The maximum absolute atomic E-state index is 11.3. The number of nitrogens with two attached hydrogens (primary N) is 1. The summed E-state index contributed by atoms with van der Waals surface area (Å²) in [6.45, 7) is 5.19. The molecular formula is C14H17N3O2. The molecule has 0 aliphatic carbocycles. The third kappa shape index (κ3) is 3.42. The molecule has 2 amide bonds. The van der Waals surface area contributed by atoms with E-state index in [1.54, 1.807) is 0 Å². The van der Waals surface area contributed by atoms with E-state index in [0.717, 1.165) is 24.2 Å². The number of hydrogen-bond acceptors (Lipinski definition) is 3. The van der Waals surface area contributed by atoms with Crippen LogP contribution in [0.15, 0.2) is 30.9 Å². The van der Waals surface area contributed by atoms with Crippen molar-refractivity contribution in [1.29, 1.82) is 0 Å². The normalized spacial score (nSPS) is 14.5. The number of fused-ring (bicyclic) bond motifs is 1. The minimum absolute atomic E-state index is 0.232. The first kappa shape index (κ1) is 13.3. The van der Waals surface area contributed by atoms with Crippen molar-refractivity contribution >= 4 is 17.5 Å². The van der Waals surface area contributed by atoms with E-state index in [9.17, 15) is 9.59 Å². The van der Waals surface area contributed by atoms with Gasteiger partial charge in [-0.2, -0.15) is 0 Å². The van der Waals surface area contributed by atoms with Crippen molar-refractivity contribution in [3.05, 3.63) is 42.0 Å². The highest BCUT2D eigenvalue weighted by atomic mass is 16.1. The molecule has 0 atom stereocenters. The number of amides is 2. The van der Waals surface area contributed by atoms with Crippen LogP contribution in [0.4, 0.5) is 5.69 Å². The summed E-state index contributed by atoms with van der Waals surface area (Å²) in [6.07, 6.45) is 2.12. The average molecular weight is 259 g/mol. The van der Waals surface area contributed by atoms with E-state index in [4.69, 9.17) is 5.73 Å². The van der Waals surface area contributed by atoms with Gasteiger partial charge in [0, 0.05) is 18.8 Å². The van der Waals surface area contributed by atoms with Gasteiger partial charge in [0.25, 0.3) is 0 Å². The summed E-state index contributed by atoms with van der Waals surface area (Å²) in [4.78, 5) is 24.2. The zero-order valence-corrected chi connectivity index (χ0v) is 10.7. The number of primary amides is 1. The highest BCUT2D eigenvalue weighted by Gasteiger charge is 2.17. The summed E-state index contributed by atoms with van der Waals surface area (Å²) >= 11 is 0. The largest absolute Gasteiger partial charge is 0.369 e. The number of anilines is 1. The minimum atomic E-state index is -0.320. The standard InChI is InChI=1S/C14H17N3O2/c1-2-14(19)16-12-4-3-10-5-6-17(9-13(15)18)8-11(10)7-12/h2-4,7H,1,5-6,8-9H2,(H2,15,18)(H,16,19). The molecule has 0 saturated carbocycles. The Bertz CT molecular complexity index is 525. The molecule has 1 heterocycles. The fraction of sp³-hybridized carbons (Fsp3) is 0.286. The van der Waals surface area contributed by atoms with Crippen LogP contribution in [0.5, 0.6) is 0 Å². The van der Waals surface area contributed by atoms with Gasteiger partial charge in [-0.15, -0.1) is 0 Å². The summed E-state index contributed by atoms with van der Waals surface area (Å²) in [5.74, 6) is -0.552. The lowest BCUT2D eigenvalue weighted by Crippen LogP contribution is -2.37. The Morgan fingerprint density at radius 2 is 2.21 bits per heavy atom. The monoisotopic (exact) mass is 259 g/mol. The molecule has 3 N–H and O–H groups in total. The Morgan fingerprint density at radius 1 is 1.42 bits per heavy atom. The molecule has 1 aromatic carbocycles. The second-order valence-electron chi connectivity index (χ2n) is 4.60. The first-order valence-corrected chi connectivity index (χ1v) is 6.14. The summed E-state index contributed by atoms with van der Waals surface area (Å²) in [5, 5.41) is 2.73. The van der Waals surface area contributed by atoms with Gasteiger partial charge in [0.2, 0.25) is 11.8 Å². The van der Waals surface area contributed by atoms with E-state index in [1.165, 1.54) is 11.6 Å². The number of carbonyl (C=O) groups excluding carboxylic acids is 2. The van der Waals surface area contributed by atoms with E-state index < -0.39 is 0 Å². The lowest BCUT2D eigenvalue weighted by atomic mass is 9.99. The summed E-state index contributed by atoms with van der Waals surface area (Å²) in [5.41, 5.74) is 8.32. The number of nitrogens with zero attached hydrogens (tertiary/aromatic N) is 1. The molecule has 1 aromatic rings. The van der Waals surface area contributed by atoms with Crippen LogP contribution in [-0.2, 0) is 22.6 Å². The van der Waals surface area contributed by atoms with E-state index in [-0.39, 0.29) is 18.4 Å². The molecule has 5 nitrogen and oxygen atoms in total. The highest BCUT2D eigenvalue weighted by Crippen LogP contribution is 2.22. The molecule has 0 bridgehead atoms. The molecule has 1 aliphatic rings. The predicted molar refractivity (Wildman–Crippen MR) is 73.4 cm³/mol. The Labute approximate surface area is 112 Å². The van der Waals surface area contributed by atoms with Gasteiger partial charge in [0.05, 0.1) is 6.54 Å². The molecular weight excluding hydrogens is 242 g/mol. The van der Waals surface area contributed by atoms with Gasteiger partial charge in [0.1, 0.15) is 0 Å². The zero-order valence-electron chi connectivity index (χ0n) is 10.7. The van der Waals surface area contributed by atoms with Crippen molar-refractivity contribution in [2.75, 3.05) is 18.4 Å². The minimum Gasteiger partial charge on any atom is -0.369 e. The van der Waals surface area contributed by atoms with Crippen molar-refractivity contribution in [3.63, 3.8) is 0 Å². The quantitative estimate of drug-likeness (QED) is 0.780. The third-order valence-electron chi connectivity index (χ3n) is 3.13. The Kier molecular flexibility index (Phi) is 3.97. The Hall–Kier alpha value is -2.14. The van der Waals surface area contributed by atoms with Gasteiger partial charge in [0.15, 0.2) is 0 Å². The fourth-order valence-corrected chi connectivity index (χ4v) is 2.24. The lowest BCUT2D eigenvalue weighted by Gasteiger charge is -2.27. The molecule has 2 rings (SSSR count). The van der Waals surface area contributed by atoms with Crippen molar-refractivity contribution < 1.29 is 9.59 Å². The number of nitrogens with one attached hydrogen (secondary N) is 1. The number of hydrogen-bond donors (Lipinski definition) is 2. The second kappa shape index (κ2) is 5.67. The predicted octanol–water partition coefficient (Wildman–Crippen LogP) is 0.654. The van der Waals surface area contributed by atoms with Crippen molar-refractivity contribution in [2.24, 2.45) is 5.73 Å². The number of carbonyl (C=O) groups is 2. The van der Waals surface area contributed by atoms with Crippen LogP contribution in [0.25, 0.3) is 0 Å².